The number of rotatable bonds is 5. The fourth-order valence-corrected chi connectivity index (χ4v) is 2.33. The van der Waals surface area contributed by atoms with E-state index in [-0.39, 0.29) is 6.04 Å². The van der Waals surface area contributed by atoms with Crippen molar-refractivity contribution in [2.24, 2.45) is 0 Å². The zero-order chi connectivity index (χ0) is 11.8. The monoisotopic (exact) mass is 226 g/mol. The van der Waals surface area contributed by atoms with Gasteiger partial charge in [-0.15, -0.1) is 0 Å². The van der Waals surface area contributed by atoms with Gasteiger partial charge in [0.1, 0.15) is 0 Å². The van der Waals surface area contributed by atoms with E-state index in [4.69, 9.17) is 0 Å². The van der Waals surface area contributed by atoms with Crippen molar-refractivity contribution in [1.29, 1.82) is 0 Å². The molecular weight excluding hydrogens is 200 g/mol. The minimum Gasteiger partial charge on any atom is -0.341 e. The quantitative estimate of drug-likeness (QED) is 0.779. The molecule has 1 aliphatic rings. The Morgan fingerprint density at radius 3 is 2.50 bits per heavy atom. The highest BCUT2D eigenvalue weighted by molar-refractivity contribution is 5.81. The summed E-state index contributed by atoms with van der Waals surface area (Å²) in [6, 6.07) is 0.0839. The molecular formula is C13H26N2O. The van der Waals surface area contributed by atoms with E-state index in [0.717, 1.165) is 38.9 Å². The predicted octanol–water partition coefficient (Wildman–Crippen LogP) is 2.17. The molecule has 1 heterocycles. The zero-order valence-electron chi connectivity index (χ0n) is 10.8. The molecule has 1 aliphatic heterocycles. The fourth-order valence-electron chi connectivity index (χ4n) is 2.33. The Hall–Kier alpha value is -0.570. The molecule has 0 spiro atoms. The summed E-state index contributed by atoms with van der Waals surface area (Å²) in [5.41, 5.74) is 0. The van der Waals surface area contributed by atoms with Crippen molar-refractivity contribution in [3.63, 3.8) is 0 Å². The van der Waals surface area contributed by atoms with Crippen LogP contribution < -0.4 is 5.32 Å². The Morgan fingerprint density at radius 1 is 1.19 bits per heavy atom. The van der Waals surface area contributed by atoms with Gasteiger partial charge in [-0.2, -0.15) is 0 Å². The first-order valence-electron chi connectivity index (χ1n) is 6.81. The Morgan fingerprint density at radius 2 is 1.88 bits per heavy atom. The first kappa shape index (κ1) is 13.5. The molecule has 0 aromatic carbocycles. The third-order valence-corrected chi connectivity index (χ3v) is 3.16. The van der Waals surface area contributed by atoms with E-state index >= 15 is 0 Å². The molecule has 3 nitrogen and oxygen atoms in total. The summed E-state index contributed by atoms with van der Waals surface area (Å²) in [5, 5.41) is 3.39. The fraction of sp³-hybridized carbons (Fsp3) is 0.923. The van der Waals surface area contributed by atoms with Crippen LogP contribution in [0.25, 0.3) is 0 Å². The van der Waals surface area contributed by atoms with Crippen LogP contribution in [0.3, 0.4) is 0 Å². The first-order valence-corrected chi connectivity index (χ1v) is 6.81. The molecule has 94 valence electrons. The lowest BCUT2D eigenvalue weighted by molar-refractivity contribution is -0.133. The molecule has 1 unspecified atom stereocenters. The summed E-state index contributed by atoms with van der Waals surface area (Å²) in [4.78, 5) is 14.3. The molecule has 1 atom stereocenters. The van der Waals surface area contributed by atoms with E-state index in [2.05, 4.69) is 19.2 Å². The van der Waals surface area contributed by atoms with Crippen LogP contribution in [0.5, 0.6) is 0 Å². The average molecular weight is 226 g/mol. The van der Waals surface area contributed by atoms with E-state index in [1.165, 1.54) is 19.3 Å². The second-order valence-corrected chi connectivity index (χ2v) is 4.68. The SMILES string of the molecule is CCCN(CCC)C(=O)C1CCCCCN1. The van der Waals surface area contributed by atoms with Crippen molar-refractivity contribution in [3.05, 3.63) is 0 Å². The Balaban J connectivity index is 2.49. The molecule has 0 aromatic heterocycles. The van der Waals surface area contributed by atoms with Gasteiger partial charge in [-0.05, 0) is 32.2 Å². The third kappa shape index (κ3) is 4.12. The molecule has 1 amide bonds. The standard InChI is InChI=1S/C13H26N2O/c1-3-10-15(11-4-2)13(16)12-8-6-5-7-9-14-12/h12,14H,3-11H2,1-2H3. The second kappa shape index (κ2) is 7.66. The van der Waals surface area contributed by atoms with Crippen molar-refractivity contribution >= 4 is 5.91 Å². The predicted molar refractivity (Wildman–Crippen MR) is 67.4 cm³/mol. The Bertz CT molecular complexity index is 188. The van der Waals surface area contributed by atoms with Crippen molar-refractivity contribution in [2.75, 3.05) is 19.6 Å². The van der Waals surface area contributed by atoms with Crippen LogP contribution in [-0.4, -0.2) is 36.5 Å². The summed E-state index contributed by atoms with van der Waals surface area (Å²) in [5.74, 6) is 0.325. The molecule has 0 aliphatic carbocycles. The van der Waals surface area contributed by atoms with Gasteiger partial charge in [-0.3, -0.25) is 4.79 Å². The molecule has 1 fully saturated rings. The smallest absolute Gasteiger partial charge is 0.239 e. The average Bonchev–Trinajstić information content (AvgIpc) is 2.56. The number of amides is 1. The topological polar surface area (TPSA) is 32.3 Å². The lowest BCUT2D eigenvalue weighted by Gasteiger charge is -2.26. The van der Waals surface area contributed by atoms with Crippen molar-refractivity contribution in [3.8, 4) is 0 Å². The maximum Gasteiger partial charge on any atom is 0.239 e. The molecule has 0 bridgehead atoms. The summed E-state index contributed by atoms with van der Waals surface area (Å²) in [7, 11) is 0. The van der Waals surface area contributed by atoms with Crippen LogP contribution in [0, 0.1) is 0 Å². The van der Waals surface area contributed by atoms with Gasteiger partial charge in [-0.1, -0.05) is 26.7 Å². The number of hydrogen-bond donors (Lipinski definition) is 1. The molecule has 3 heteroatoms. The largest absolute Gasteiger partial charge is 0.341 e. The molecule has 0 saturated carbocycles. The maximum atomic E-state index is 12.3. The van der Waals surface area contributed by atoms with Crippen LogP contribution in [0.15, 0.2) is 0 Å². The van der Waals surface area contributed by atoms with Crippen LogP contribution in [0.4, 0.5) is 0 Å². The maximum absolute atomic E-state index is 12.3. The van der Waals surface area contributed by atoms with Crippen molar-refractivity contribution in [2.45, 2.75) is 58.4 Å². The minimum absolute atomic E-state index is 0.0839. The number of nitrogens with zero attached hydrogens (tertiary/aromatic N) is 1. The zero-order valence-corrected chi connectivity index (χ0v) is 10.8. The normalized spacial score (nSPS) is 21.5. The summed E-state index contributed by atoms with van der Waals surface area (Å²) in [6.07, 6.45) is 6.79. The van der Waals surface area contributed by atoms with E-state index in [1.54, 1.807) is 0 Å². The van der Waals surface area contributed by atoms with Crippen molar-refractivity contribution < 1.29 is 4.79 Å². The Labute approximate surface area is 99.6 Å². The van der Waals surface area contributed by atoms with Crippen LogP contribution >= 0.6 is 0 Å². The molecule has 1 saturated heterocycles. The first-order chi connectivity index (χ1) is 7.79. The highest BCUT2D eigenvalue weighted by Crippen LogP contribution is 2.11. The molecule has 0 radical (unpaired) electrons. The number of carbonyl (C=O) groups excluding carboxylic acids is 1. The van der Waals surface area contributed by atoms with E-state index < -0.39 is 0 Å². The highest BCUT2D eigenvalue weighted by Gasteiger charge is 2.23. The van der Waals surface area contributed by atoms with E-state index in [9.17, 15) is 4.79 Å². The minimum atomic E-state index is 0.0839. The van der Waals surface area contributed by atoms with Crippen LogP contribution in [-0.2, 0) is 4.79 Å². The number of carbonyl (C=O) groups is 1. The Kier molecular flexibility index (Phi) is 6.46. The van der Waals surface area contributed by atoms with Gasteiger partial charge in [0.05, 0.1) is 6.04 Å². The van der Waals surface area contributed by atoms with Gasteiger partial charge in [-0.25, -0.2) is 0 Å². The highest BCUT2D eigenvalue weighted by atomic mass is 16.2. The lowest BCUT2D eigenvalue weighted by atomic mass is 10.1. The van der Waals surface area contributed by atoms with Gasteiger partial charge in [0.2, 0.25) is 5.91 Å². The molecule has 0 aromatic rings. The van der Waals surface area contributed by atoms with Crippen molar-refractivity contribution in [1.82, 2.24) is 10.2 Å². The van der Waals surface area contributed by atoms with Gasteiger partial charge >= 0.3 is 0 Å². The molecule has 1 rings (SSSR count). The summed E-state index contributed by atoms with van der Waals surface area (Å²) >= 11 is 0. The summed E-state index contributed by atoms with van der Waals surface area (Å²) < 4.78 is 0. The van der Waals surface area contributed by atoms with Crippen LogP contribution in [0.1, 0.15) is 52.4 Å². The number of nitrogens with one attached hydrogen (secondary N) is 1. The lowest BCUT2D eigenvalue weighted by Crippen LogP contribution is -2.46. The molecule has 1 N–H and O–H groups in total. The van der Waals surface area contributed by atoms with Gasteiger partial charge in [0.25, 0.3) is 0 Å². The third-order valence-electron chi connectivity index (χ3n) is 3.16. The van der Waals surface area contributed by atoms with E-state index in [1.807, 2.05) is 4.90 Å². The van der Waals surface area contributed by atoms with Gasteiger partial charge in [0, 0.05) is 13.1 Å². The van der Waals surface area contributed by atoms with Crippen LogP contribution in [0.2, 0.25) is 0 Å². The van der Waals surface area contributed by atoms with Gasteiger partial charge < -0.3 is 10.2 Å². The molecule has 16 heavy (non-hydrogen) atoms. The van der Waals surface area contributed by atoms with Gasteiger partial charge in [0.15, 0.2) is 0 Å². The second-order valence-electron chi connectivity index (χ2n) is 4.68. The summed E-state index contributed by atoms with van der Waals surface area (Å²) in [6.45, 7) is 7.09. The van der Waals surface area contributed by atoms with E-state index in [0.29, 0.717) is 5.91 Å². The number of hydrogen-bond acceptors (Lipinski definition) is 2.